The van der Waals surface area contributed by atoms with Crippen molar-refractivity contribution < 1.29 is 84.8 Å². The fraction of sp³-hybridized carbons (Fsp3) is 0.463. The van der Waals surface area contributed by atoms with Crippen LogP contribution in [0.25, 0.3) is 16.6 Å². The fourth-order valence-corrected chi connectivity index (χ4v) is 17.2. The molecule has 84 heavy (non-hydrogen) atoms. The van der Waals surface area contributed by atoms with Crippen molar-refractivity contribution in [1.29, 1.82) is 0 Å². The van der Waals surface area contributed by atoms with Crippen molar-refractivity contribution in [2.75, 3.05) is 76.4 Å². The molecule has 8 heterocycles. The molecule has 5 aromatic rings. The zero-order valence-corrected chi connectivity index (χ0v) is 50.3. The smallest absolute Gasteiger partial charge is 0.478 e. The summed E-state index contributed by atoms with van der Waals surface area (Å²) in [5, 5.41) is 16.6. The highest BCUT2D eigenvalue weighted by Crippen LogP contribution is 2.66. The number of phosphoric acid groups is 3. The highest BCUT2D eigenvalue weighted by atomic mass is 33.1. The second kappa shape index (κ2) is 24.5. The predicted molar refractivity (Wildman–Crippen MR) is 310 cm³/mol. The second-order valence-corrected chi connectivity index (χ2v) is 29.0. The van der Waals surface area contributed by atoms with E-state index >= 15 is 0 Å². The van der Waals surface area contributed by atoms with Gasteiger partial charge in [0.1, 0.15) is 74.1 Å². The molecule has 0 aliphatic carbocycles. The molecule has 5 atom stereocenters. The lowest BCUT2D eigenvalue weighted by Gasteiger charge is -2.39. The molecule has 1 amide bonds. The number of carboxylic acid groups (broad SMARTS) is 1. The number of aryl methyl sites for hydroxylation is 2. The maximum Gasteiger partial charge on any atom is 0.490 e. The molecule has 11 rings (SSSR count). The fourth-order valence-electron chi connectivity index (χ4n) is 12.0. The lowest BCUT2D eigenvalue weighted by atomic mass is 9.81. The topological polar surface area (TPSA) is 335 Å². The van der Waals surface area contributed by atoms with Crippen molar-refractivity contribution >= 4 is 85.0 Å². The minimum Gasteiger partial charge on any atom is -0.478 e. The molecule has 3 aromatic carbocycles. The number of hydrogen-bond acceptors (Lipinski definition) is 19. The maximum absolute atomic E-state index is 14.0. The van der Waals surface area contributed by atoms with Gasteiger partial charge in [0.15, 0.2) is 0 Å². The zero-order valence-electron chi connectivity index (χ0n) is 46.0. The number of hydrogen-bond donors (Lipinski definition) is 7. The van der Waals surface area contributed by atoms with Gasteiger partial charge >= 0.3 is 29.4 Å². The van der Waals surface area contributed by atoms with E-state index in [0.29, 0.717) is 22.2 Å². The van der Waals surface area contributed by atoms with Crippen LogP contribution in [0.5, 0.6) is 11.5 Å². The Hall–Kier alpha value is -5.20. The first-order valence-electron chi connectivity index (χ1n) is 27.2. The Kier molecular flexibility index (Phi) is 17.7. The molecule has 3 unspecified atom stereocenters. The normalized spacial score (nSPS) is 20.4. The number of nitrogen functional groups attached to an aromatic ring is 1. The van der Waals surface area contributed by atoms with E-state index in [1.165, 1.54) is 74.4 Å². The van der Waals surface area contributed by atoms with Gasteiger partial charge in [0.25, 0.3) is 5.91 Å². The third-order valence-electron chi connectivity index (χ3n) is 15.3. The van der Waals surface area contributed by atoms with Gasteiger partial charge in [-0.15, -0.1) is 0 Å². The number of anilines is 2. The molecule has 25 nitrogen and oxygen atoms in total. The molecule has 6 aliphatic heterocycles. The van der Waals surface area contributed by atoms with Crippen LogP contribution < -0.4 is 35.8 Å². The molecule has 0 radical (unpaired) electrons. The van der Waals surface area contributed by atoms with E-state index in [-0.39, 0.29) is 49.2 Å². The van der Waals surface area contributed by atoms with Crippen molar-refractivity contribution in [2.45, 2.75) is 94.8 Å². The highest BCUT2D eigenvalue weighted by molar-refractivity contribution is 8.77. The molecular weight excluding hydrogens is 1190 g/mol. The predicted octanol–water partition coefficient (Wildman–Crippen LogP) is 5.68. The largest absolute Gasteiger partial charge is 0.490 e. The number of aromatic carboxylic acids is 1. The van der Waals surface area contributed by atoms with Crippen LogP contribution in [0, 0.1) is 11.8 Å². The summed E-state index contributed by atoms with van der Waals surface area (Å²) in [7, 11) is -12.6. The maximum atomic E-state index is 14.0. The molecule has 30 heteroatoms. The molecule has 2 aromatic heterocycles. The van der Waals surface area contributed by atoms with Crippen molar-refractivity contribution in [3.8, 4) is 23.3 Å². The first kappa shape index (κ1) is 60.5. The number of carboxylic acids is 1. The summed E-state index contributed by atoms with van der Waals surface area (Å²) in [5.74, 6) is 6.49. The summed E-state index contributed by atoms with van der Waals surface area (Å²) in [6.45, 7) is 7.25. The molecule has 8 N–H and O–H groups in total. The molecular formula is C54H63N7O18P3S2+. The summed E-state index contributed by atoms with van der Waals surface area (Å²) in [5.41, 5.74) is 15.8. The van der Waals surface area contributed by atoms with Crippen LogP contribution in [-0.4, -0.2) is 134 Å². The van der Waals surface area contributed by atoms with Crippen LogP contribution in [-0.2, 0) is 71.5 Å². The summed E-state index contributed by atoms with van der Waals surface area (Å²) >= 11 is 0. The number of aromatic nitrogens is 3. The summed E-state index contributed by atoms with van der Waals surface area (Å²) in [6, 6.07) is 9.50. The van der Waals surface area contributed by atoms with E-state index in [9.17, 15) is 38.2 Å². The van der Waals surface area contributed by atoms with Gasteiger partial charge in [0, 0.05) is 95.7 Å². The van der Waals surface area contributed by atoms with E-state index < -0.39 is 65.1 Å². The summed E-state index contributed by atoms with van der Waals surface area (Å²) < 4.78 is 81.4. The van der Waals surface area contributed by atoms with E-state index in [2.05, 4.69) is 57.4 Å². The molecule has 1 saturated heterocycles. The summed E-state index contributed by atoms with van der Waals surface area (Å²) in [6.07, 6.45) is 7.84. The molecule has 0 bridgehead atoms. The molecule has 0 spiro atoms. The van der Waals surface area contributed by atoms with Gasteiger partial charge in [0.05, 0.1) is 34.8 Å². The SMILES string of the molecule is COCOC1C[C@H](n2cc(C#CCOCSSC(C)(C)CNC(=O)c3ccc(C4=c5cc6c7c(c5Oc5c4cc4c8c5CCCN8CCC4)CCC[N+]=7CCC6)c(C(=O)O)c3)c3c(N)ncnc32)O[C@@H]1COP(=O)(O)OP(=O)(O)OP(=O)(O)O. The minimum atomic E-state index is -5.76. The Balaban J connectivity index is 0.738. The number of ether oxygens (including phenoxy) is 5. The van der Waals surface area contributed by atoms with Gasteiger partial charge < -0.3 is 68.9 Å². The van der Waals surface area contributed by atoms with Gasteiger partial charge in [-0.2, -0.15) is 8.62 Å². The van der Waals surface area contributed by atoms with Gasteiger partial charge in [0.2, 0.25) is 5.36 Å². The number of phosphoric ester groups is 1. The molecule has 448 valence electrons. The highest BCUT2D eigenvalue weighted by Gasteiger charge is 2.44. The first-order valence-corrected chi connectivity index (χ1v) is 34.0. The summed E-state index contributed by atoms with van der Waals surface area (Å²) in [4.78, 5) is 75.8. The number of nitrogens with zero attached hydrogens (tertiary/aromatic N) is 5. The van der Waals surface area contributed by atoms with Crippen molar-refractivity contribution in [2.24, 2.45) is 0 Å². The van der Waals surface area contributed by atoms with Crippen LogP contribution >= 0.6 is 45.1 Å². The number of nitrogens with one attached hydrogen (secondary N) is 1. The monoisotopic (exact) mass is 1250 g/mol. The number of amides is 1. The van der Waals surface area contributed by atoms with Crippen LogP contribution in [0.15, 0.2) is 42.9 Å². The van der Waals surface area contributed by atoms with Gasteiger partial charge in [-0.25, -0.2) is 33.0 Å². The van der Waals surface area contributed by atoms with Gasteiger partial charge in [-0.1, -0.05) is 39.5 Å². The number of rotatable bonds is 21. The molecule has 0 saturated carbocycles. The number of nitrogens with two attached hydrogens (primary N) is 1. The minimum absolute atomic E-state index is 0.00962. The van der Waals surface area contributed by atoms with Crippen molar-refractivity contribution in [3.63, 3.8) is 0 Å². The van der Waals surface area contributed by atoms with Crippen molar-refractivity contribution in [3.05, 3.63) is 104 Å². The average molecular weight is 1260 g/mol. The zero-order chi connectivity index (χ0) is 59.3. The first-order chi connectivity index (χ1) is 40.1. The number of benzene rings is 3. The Morgan fingerprint density at radius 2 is 1.70 bits per heavy atom. The van der Waals surface area contributed by atoms with Crippen molar-refractivity contribution in [1.82, 2.24) is 24.4 Å². The lowest BCUT2D eigenvalue weighted by molar-refractivity contribution is -0.106. The number of methoxy groups -OCH3 is 1. The number of fused-ring (bicyclic) bond motifs is 5. The molecule has 6 aliphatic rings. The Bertz CT molecular complexity index is 3830. The van der Waals surface area contributed by atoms with E-state index in [1.54, 1.807) is 22.9 Å². The average Bonchev–Trinajstić information content (AvgIpc) is 0.952. The third kappa shape index (κ3) is 12.9. The standard InChI is InChI=1S/C54H62N7O18P3S2/c1-54(2,84-83-30-73-20-8-11-34-25-61(51-44(34)50(55)57-28-58-51)43-24-41(74-29-72-3)42(76-43)26-75-81(68,69)79-82(70,71)78-80(65,66)67)27-56-52(62)33-14-15-35(38(23-33)53(63)64)45-39-21-31-9-4-16-59-18-6-12-36(46(31)59)48(39)77-49-37-13-7-19-60-17-5-10-32(47(37)60)22-40(45)49/h14-15,21-23,25,28,41-43H,4-7,9-10,12-13,16-20,24,26-27,29-30H2,1-3H3,(H7-,55,56,57,58,62,63,64,65,66,67,68,69,70,71)/p+1/t41?,42-,43-/m1/s1. The molecule has 1 fully saturated rings. The van der Waals surface area contributed by atoms with E-state index in [1.807, 2.05) is 13.8 Å². The third-order valence-corrected chi connectivity index (χ3v) is 22.1. The van der Waals surface area contributed by atoms with E-state index in [0.717, 1.165) is 105 Å². The second-order valence-electron chi connectivity index (χ2n) is 21.6. The number of carbonyl (C=O) groups excluding carboxylic acids is 1. The van der Waals surface area contributed by atoms with Crippen LogP contribution in [0.4, 0.5) is 11.5 Å². The van der Waals surface area contributed by atoms with E-state index in [4.69, 9.17) is 43.7 Å². The van der Waals surface area contributed by atoms with Gasteiger partial charge in [-0.05, 0) is 87.8 Å². The number of carbonyl (C=O) groups is 2. The van der Waals surface area contributed by atoms with Crippen LogP contribution in [0.1, 0.15) is 112 Å². The van der Waals surface area contributed by atoms with Crippen LogP contribution in [0.2, 0.25) is 0 Å². The Morgan fingerprint density at radius 3 is 2.48 bits per heavy atom. The lowest BCUT2D eigenvalue weighted by Crippen LogP contribution is -2.45. The quantitative estimate of drug-likeness (QED) is 0.0114. The van der Waals surface area contributed by atoms with Crippen LogP contribution in [0.3, 0.4) is 0 Å². The Labute approximate surface area is 490 Å². The van der Waals surface area contributed by atoms with Gasteiger partial charge in [-0.3, -0.25) is 9.32 Å². The Morgan fingerprint density at radius 1 is 0.940 bits per heavy atom.